The Hall–Kier alpha value is -1.02. The first-order valence-electron chi connectivity index (χ1n) is 5.09. The fourth-order valence-electron chi connectivity index (χ4n) is 1.05. The van der Waals surface area contributed by atoms with Gasteiger partial charge < -0.3 is 10.5 Å². The summed E-state index contributed by atoms with van der Waals surface area (Å²) in [6, 6.07) is 7.95. The van der Waals surface area contributed by atoms with Crippen molar-refractivity contribution in [1.82, 2.24) is 0 Å². The van der Waals surface area contributed by atoms with Gasteiger partial charge in [0, 0.05) is 6.54 Å². The zero-order valence-electron chi connectivity index (χ0n) is 9.16. The van der Waals surface area contributed by atoms with E-state index in [0.717, 1.165) is 11.3 Å². The van der Waals surface area contributed by atoms with Gasteiger partial charge in [-0.15, -0.1) is 0 Å². The molecule has 0 bridgehead atoms. The molecule has 0 spiro atoms. The lowest BCUT2D eigenvalue weighted by atomic mass is 10.1. The molecule has 0 amide bonds. The van der Waals surface area contributed by atoms with E-state index in [0.29, 0.717) is 12.5 Å². The molecule has 0 aromatic heterocycles. The van der Waals surface area contributed by atoms with Crippen molar-refractivity contribution >= 4 is 0 Å². The molecule has 2 N–H and O–H groups in total. The number of nitrogens with two attached hydrogens (primary N) is 1. The molecule has 0 saturated heterocycles. The molecule has 1 aromatic rings. The van der Waals surface area contributed by atoms with Gasteiger partial charge in [0.25, 0.3) is 0 Å². The summed E-state index contributed by atoms with van der Waals surface area (Å²) in [5.41, 5.74) is 6.64. The minimum atomic E-state index is 0.249. The van der Waals surface area contributed by atoms with Crippen LogP contribution in [0.4, 0.5) is 0 Å². The van der Waals surface area contributed by atoms with E-state index >= 15 is 0 Å². The van der Waals surface area contributed by atoms with Crippen LogP contribution >= 0.6 is 0 Å². The molecule has 0 aliphatic heterocycles. The first-order chi connectivity index (χ1) is 6.63. The van der Waals surface area contributed by atoms with Gasteiger partial charge in [-0.1, -0.05) is 26.0 Å². The molecule has 1 unspecified atom stereocenters. The molecule has 1 aromatic carbocycles. The van der Waals surface area contributed by atoms with Gasteiger partial charge in [0.2, 0.25) is 0 Å². The maximum atomic E-state index is 5.73. The highest BCUT2D eigenvalue weighted by Crippen LogP contribution is 2.16. The number of rotatable bonds is 4. The van der Waals surface area contributed by atoms with Crippen molar-refractivity contribution in [1.29, 1.82) is 0 Å². The molecule has 78 valence electrons. The highest BCUT2D eigenvalue weighted by atomic mass is 16.5. The summed E-state index contributed by atoms with van der Waals surface area (Å²) >= 11 is 0. The SMILES string of the molecule is CC(C)C(C)Oc1ccc(CN)cc1. The van der Waals surface area contributed by atoms with E-state index in [-0.39, 0.29) is 6.10 Å². The smallest absolute Gasteiger partial charge is 0.119 e. The zero-order valence-corrected chi connectivity index (χ0v) is 9.16. The third-order valence-electron chi connectivity index (χ3n) is 2.42. The zero-order chi connectivity index (χ0) is 10.6. The molecule has 0 aliphatic carbocycles. The van der Waals surface area contributed by atoms with Crippen molar-refractivity contribution in [2.75, 3.05) is 0 Å². The topological polar surface area (TPSA) is 35.2 Å². The molecule has 0 heterocycles. The first kappa shape index (κ1) is 11.1. The first-order valence-corrected chi connectivity index (χ1v) is 5.09. The van der Waals surface area contributed by atoms with Crippen LogP contribution in [0, 0.1) is 5.92 Å². The Balaban J connectivity index is 2.59. The van der Waals surface area contributed by atoms with Gasteiger partial charge in [-0.3, -0.25) is 0 Å². The normalized spacial score (nSPS) is 12.9. The third kappa shape index (κ3) is 3.04. The standard InChI is InChI=1S/C12H19NO/c1-9(2)10(3)14-12-6-4-11(8-13)5-7-12/h4-7,9-10H,8,13H2,1-3H3. The Morgan fingerprint density at radius 3 is 2.14 bits per heavy atom. The predicted octanol–water partition coefficient (Wildman–Crippen LogP) is 2.57. The van der Waals surface area contributed by atoms with Gasteiger partial charge in [0.05, 0.1) is 6.10 Å². The minimum absolute atomic E-state index is 0.249. The number of hydrogen-bond acceptors (Lipinski definition) is 2. The largest absolute Gasteiger partial charge is 0.490 e. The van der Waals surface area contributed by atoms with E-state index in [9.17, 15) is 0 Å². The number of ether oxygens (including phenoxy) is 1. The molecule has 1 rings (SSSR count). The molecule has 2 heteroatoms. The molecule has 0 saturated carbocycles. The summed E-state index contributed by atoms with van der Waals surface area (Å²) < 4.78 is 5.73. The summed E-state index contributed by atoms with van der Waals surface area (Å²) in [4.78, 5) is 0. The van der Waals surface area contributed by atoms with Crippen LogP contribution in [0.25, 0.3) is 0 Å². The second-order valence-corrected chi connectivity index (χ2v) is 3.92. The van der Waals surface area contributed by atoms with Crippen LogP contribution < -0.4 is 10.5 Å². The van der Waals surface area contributed by atoms with Crippen molar-refractivity contribution in [3.8, 4) is 5.75 Å². The molecular formula is C12H19NO. The van der Waals surface area contributed by atoms with Crippen LogP contribution in [0.3, 0.4) is 0 Å². The van der Waals surface area contributed by atoms with Gasteiger partial charge in [-0.2, -0.15) is 0 Å². The minimum Gasteiger partial charge on any atom is -0.490 e. The average Bonchev–Trinajstić information content (AvgIpc) is 2.19. The van der Waals surface area contributed by atoms with E-state index in [1.807, 2.05) is 24.3 Å². The van der Waals surface area contributed by atoms with Gasteiger partial charge in [-0.05, 0) is 30.5 Å². The van der Waals surface area contributed by atoms with E-state index in [1.165, 1.54) is 0 Å². The molecule has 0 aliphatic rings. The van der Waals surface area contributed by atoms with Crippen LogP contribution in [-0.4, -0.2) is 6.10 Å². The highest BCUT2D eigenvalue weighted by Gasteiger charge is 2.07. The van der Waals surface area contributed by atoms with E-state index in [4.69, 9.17) is 10.5 Å². The summed E-state index contributed by atoms with van der Waals surface area (Å²) in [7, 11) is 0. The fourth-order valence-corrected chi connectivity index (χ4v) is 1.05. The van der Waals surface area contributed by atoms with Crippen LogP contribution in [0.15, 0.2) is 24.3 Å². The van der Waals surface area contributed by atoms with Crippen LogP contribution in [0.5, 0.6) is 5.75 Å². The van der Waals surface area contributed by atoms with Gasteiger partial charge in [-0.25, -0.2) is 0 Å². The van der Waals surface area contributed by atoms with Gasteiger partial charge in [0.1, 0.15) is 5.75 Å². The second-order valence-electron chi connectivity index (χ2n) is 3.92. The van der Waals surface area contributed by atoms with E-state index < -0.39 is 0 Å². The lowest BCUT2D eigenvalue weighted by Gasteiger charge is -2.18. The fraction of sp³-hybridized carbons (Fsp3) is 0.500. The number of hydrogen-bond donors (Lipinski definition) is 1. The van der Waals surface area contributed by atoms with Crippen molar-refractivity contribution in [3.63, 3.8) is 0 Å². The monoisotopic (exact) mass is 193 g/mol. The van der Waals surface area contributed by atoms with Gasteiger partial charge in [0.15, 0.2) is 0 Å². The summed E-state index contributed by atoms with van der Waals surface area (Å²) in [5, 5.41) is 0. The van der Waals surface area contributed by atoms with Crippen molar-refractivity contribution in [2.45, 2.75) is 33.4 Å². The van der Waals surface area contributed by atoms with Crippen molar-refractivity contribution < 1.29 is 4.74 Å². The Morgan fingerprint density at radius 1 is 1.14 bits per heavy atom. The van der Waals surface area contributed by atoms with Crippen LogP contribution in [0.2, 0.25) is 0 Å². The van der Waals surface area contributed by atoms with Crippen LogP contribution in [-0.2, 0) is 6.54 Å². The van der Waals surface area contributed by atoms with Crippen LogP contribution in [0.1, 0.15) is 26.3 Å². The van der Waals surface area contributed by atoms with Crippen molar-refractivity contribution in [2.24, 2.45) is 11.7 Å². The Bertz CT molecular complexity index is 266. The van der Waals surface area contributed by atoms with Gasteiger partial charge >= 0.3 is 0 Å². The Kier molecular flexibility index (Phi) is 3.96. The summed E-state index contributed by atoms with van der Waals surface area (Å²) in [6.07, 6.45) is 0.249. The number of benzene rings is 1. The molecule has 1 atom stereocenters. The molecule has 2 nitrogen and oxygen atoms in total. The molecule has 0 fully saturated rings. The Morgan fingerprint density at radius 2 is 1.71 bits per heavy atom. The Labute approximate surface area is 86.1 Å². The maximum Gasteiger partial charge on any atom is 0.119 e. The van der Waals surface area contributed by atoms with E-state index in [1.54, 1.807) is 0 Å². The van der Waals surface area contributed by atoms with Crippen molar-refractivity contribution in [3.05, 3.63) is 29.8 Å². The van der Waals surface area contributed by atoms with E-state index in [2.05, 4.69) is 20.8 Å². The second kappa shape index (κ2) is 5.01. The maximum absolute atomic E-state index is 5.73. The highest BCUT2D eigenvalue weighted by molar-refractivity contribution is 5.27. The lowest BCUT2D eigenvalue weighted by Crippen LogP contribution is -2.18. The molecule has 14 heavy (non-hydrogen) atoms. The molecular weight excluding hydrogens is 174 g/mol. The third-order valence-corrected chi connectivity index (χ3v) is 2.42. The summed E-state index contributed by atoms with van der Waals surface area (Å²) in [5.74, 6) is 1.45. The average molecular weight is 193 g/mol. The predicted molar refractivity (Wildman–Crippen MR) is 59.3 cm³/mol. The summed E-state index contributed by atoms with van der Waals surface area (Å²) in [6.45, 7) is 6.97. The quantitative estimate of drug-likeness (QED) is 0.797. The lowest BCUT2D eigenvalue weighted by molar-refractivity contribution is 0.170. The molecule has 0 radical (unpaired) electrons.